The van der Waals surface area contributed by atoms with Crippen LogP contribution in [0, 0.1) is 20.2 Å². The fourth-order valence-electron chi connectivity index (χ4n) is 2.31. The van der Waals surface area contributed by atoms with Crippen LogP contribution in [0.5, 0.6) is 0 Å². The second-order valence-electron chi connectivity index (χ2n) is 5.22. The van der Waals surface area contributed by atoms with E-state index < -0.39 is 27.2 Å². The van der Waals surface area contributed by atoms with Gasteiger partial charge in [-0.3, -0.25) is 20.2 Å². The lowest BCUT2D eigenvalue weighted by atomic mass is 10.00. The molecule has 8 heteroatoms. The zero-order valence-electron chi connectivity index (χ0n) is 13.9. The minimum atomic E-state index is -0.894. The van der Waals surface area contributed by atoms with Gasteiger partial charge < -0.3 is 5.11 Å². The molecule has 1 N–H and O–H groups in total. The van der Waals surface area contributed by atoms with E-state index >= 15 is 0 Å². The average Bonchev–Trinajstić information content (AvgIpc) is 2.69. The number of nitro benzene ring substituents is 2. The molecule has 0 fully saturated rings. The van der Waals surface area contributed by atoms with Gasteiger partial charge in [-0.2, -0.15) is 0 Å². The van der Waals surface area contributed by atoms with Gasteiger partial charge in [0.1, 0.15) is 0 Å². The van der Waals surface area contributed by atoms with E-state index in [2.05, 4.69) is 0 Å². The number of aromatic carboxylic acids is 1. The van der Waals surface area contributed by atoms with Crippen LogP contribution in [-0.2, 0) is 0 Å². The summed E-state index contributed by atoms with van der Waals surface area (Å²) in [7, 11) is 0. The van der Waals surface area contributed by atoms with Crippen LogP contribution in [0.1, 0.15) is 10.4 Å². The van der Waals surface area contributed by atoms with E-state index in [0.717, 1.165) is 23.3 Å². The molecule has 0 amide bonds. The Morgan fingerprint density at radius 2 is 1.15 bits per heavy atom. The van der Waals surface area contributed by atoms with Crippen LogP contribution < -0.4 is 0 Å². The van der Waals surface area contributed by atoms with Crippen LogP contribution in [0.3, 0.4) is 0 Å². The van der Waals surface area contributed by atoms with Crippen molar-refractivity contribution in [3.8, 4) is 11.1 Å². The maximum absolute atomic E-state index is 11.0. The molecule has 0 bridgehead atoms. The highest BCUT2D eigenvalue weighted by atomic mass is 16.6. The average molecular weight is 366 g/mol. The van der Waals surface area contributed by atoms with Crippen LogP contribution >= 0.6 is 0 Å². The second kappa shape index (κ2) is 8.86. The predicted octanol–water partition coefficient (Wildman–Crippen LogP) is 4.55. The second-order valence-corrected chi connectivity index (χ2v) is 5.22. The van der Waals surface area contributed by atoms with Crippen molar-refractivity contribution in [2.45, 2.75) is 0 Å². The van der Waals surface area contributed by atoms with Gasteiger partial charge in [0.05, 0.1) is 15.4 Å². The molecule has 136 valence electrons. The molecule has 3 aromatic rings. The topological polar surface area (TPSA) is 124 Å². The molecule has 0 aromatic heterocycles. The molecule has 0 aliphatic carbocycles. The smallest absolute Gasteiger partial charge is 0.346 e. The fraction of sp³-hybridized carbons (Fsp3) is 0. The lowest BCUT2D eigenvalue weighted by Crippen LogP contribution is -1.98. The van der Waals surface area contributed by atoms with Crippen molar-refractivity contribution in [3.05, 3.63) is 105 Å². The Morgan fingerprint density at radius 3 is 1.63 bits per heavy atom. The summed E-state index contributed by atoms with van der Waals surface area (Å²) in [6.07, 6.45) is 0. The van der Waals surface area contributed by atoms with Crippen molar-refractivity contribution in [1.29, 1.82) is 0 Å². The molecule has 3 rings (SSSR count). The van der Waals surface area contributed by atoms with Gasteiger partial charge in [0.25, 0.3) is 0 Å². The number of carboxylic acid groups (broad SMARTS) is 1. The first-order valence-corrected chi connectivity index (χ1v) is 7.67. The number of para-hydroxylation sites is 2. The molecule has 0 saturated carbocycles. The molecule has 0 saturated heterocycles. The minimum Gasteiger partial charge on any atom is -0.478 e. The maximum Gasteiger partial charge on any atom is 0.346 e. The Balaban J connectivity index is 0.000000199. The molecule has 3 aromatic carbocycles. The quantitative estimate of drug-likeness (QED) is 0.533. The lowest BCUT2D eigenvalue weighted by molar-refractivity contribution is -0.422. The Bertz CT molecular complexity index is 940. The SMILES string of the molecule is O=C(O)c1ccccc1-c1ccccc1.O=[N+]([O-])c1ccccc1[N+](=O)[O-]. The highest BCUT2D eigenvalue weighted by Gasteiger charge is 2.21. The highest BCUT2D eigenvalue weighted by molar-refractivity contribution is 5.95. The zero-order chi connectivity index (χ0) is 19.8. The standard InChI is InChI=1S/C13H10O2.C6H4N2O4/c14-13(15)12-9-5-4-8-11(12)10-6-2-1-3-7-10;9-7(10)5-3-1-2-4-6(5)8(11)12/h1-9H,(H,14,15);1-4H. The monoisotopic (exact) mass is 366 g/mol. The fourth-order valence-corrected chi connectivity index (χ4v) is 2.31. The number of carbonyl (C=O) groups is 1. The minimum absolute atomic E-state index is 0.337. The van der Waals surface area contributed by atoms with Crippen molar-refractivity contribution in [2.75, 3.05) is 0 Å². The number of nitrogens with zero attached hydrogens (tertiary/aromatic N) is 2. The van der Waals surface area contributed by atoms with Gasteiger partial charge in [-0.1, -0.05) is 60.7 Å². The first-order valence-electron chi connectivity index (χ1n) is 7.67. The molecule has 8 nitrogen and oxygen atoms in total. The summed E-state index contributed by atoms with van der Waals surface area (Å²) in [4.78, 5) is 29.9. The largest absolute Gasteiger partial charge is 0.478 e. The van der Waals surface area contributed by atoms with E-state index in [1.54, 1.807) is 12.1 Å². The summed E-state index contributed by atoms with van der Waals surface area (Å²) < 4.78 is 0. The van der Waals surface area contributed by atoms with E-state index in [4.69, 9.17) is 5.11 Å². The summed E-state index contributed by atoms with van der Waals surface area (Å²) in [5.41, 5.74) is 1.05. The van der Waals surface area contributed by atoms with Crippen LogP contribution in [-0.4, -0.2) is 20.9 Å². The van der Waals surface area contributed by atoms with Gasteiger partial charge in [0.15, 0.2) is 0 Å². The number of benzene rings is 3. The third kappa shape index (κ3) is 4.95. The van der Waals surface area contributed by atoms with Crippen molar-refractivity contribution < 1.29 is 19.7 Å². The lowest BCUT2D eigenvalue weighted by Gasteiger charge is -2.05. The molecule has 0 heterocycles. The molecule has 0 aliphatic rings. The van der Waals surface area contributed by atoms with E-state index in [9.17, 15) is 25.0 Å². The van der Waals surface area contributed by atoms with E-state index in [1.807, 2.05) is 42.5 Å². The van der Waals surface area contributed by atoms with Crippen LogP contribution in [0.15, 0.2) is 78.9 Å². The molecular weight excluding hydrogens is 352 g/mol. The zero-order valence-corrected chi connectivity index (χ0v) is 13.9. The van der Waals surface area contributed by atoms with Crippen molar-refractivity contribution in [2.24, 2.45) is 0 Å². The first kappa shape index (κ1) is 19.3. The van der Waals surface area contributed by atoms with Crippen molar-refractivity contribution >= 4 is 17.3 Å². The van der Waals surface area contributed by atoms with Crippen molar-refractivity contribution in [1.82, 2.24) is 0 Å². The number of carboxylic acids is 1. The number of hydrogen-bond donors (Lipinski definition) is 1. The summed E-state index contributed by atoms with van der Waals surface area (Å²) in [5, 5.41) is 29.5. The Kier molecular flexibility index (Phi) is 6.32. The predicted molar refractivity (Wildman–Crippen MR) is 98.6 cm³/mol. The van der Waals surface area contributed by atoms with Crippen LogP contribution in [0.25, 0.3) is 11.1 Å². The van der Waals surface area contributed by atoms with E-state index in [-0.39, 0.29) is 0 Å². The molecule has 0 atom stereocenters. The molecule has 0 unspecified atom stereocenters. The molecule has 0 radical (unpaired) electrons. The Morgan fingerprint density at radius 1 is 0.704 bits per heavy atom. The molecule has 27 heavy (non-hydrogen) atoms. The highest BCUT2D eigenvalue weighted by Crippen LogP contribution is 2.25. The number of rotatable bonds is 4. The van der Waals surface area contributed by atoms with E-state index in [0.29, 0.717) is 5.56 Å². The van der Waals surface area contributed by atoms with Gasteiger partial charge in [-0.25, -0.2) is 4.79 Å². The summed E-state index contributed by atoms with van der Waals surface area (Å²) in [6.45, 7) is 0. The van der Waals surface area contributed by atoms with Gasteiger partial charge in [0, 0.05) is 12.1 Å². The van der Waals surface area contributed by atoms with E-state index in [1.165, 1.54) is 12.1 Å². The van der Waals surface area contributed by atoms with Gasteiger partial charge in [-0.15, -0.1) is 0 Å². The third-order valence-electron chi connectivity index (χ3n) is 3.52. The first-order chi connectivity index (χ1) is 12.9. The maximum atomic E-state index is 11.0. The van der Waals surface area contributed by atoms with Crippen LogP contribution in [0.2, 0.25) is 0 Å². The van der Waals surface area contributed by atoms with Gasteiger partial charge >= 0.3 is 17.3 Å². The normalized spacial score (nSPS) is 9.63. The van der Waals surface area contributed by atoms with Crippen molar-refractivity contribution in [3.63, 3.8) is 0 Å². The molecule has 0 aliphatic heterocycles. The number of nitro groups is 2. The third-order valence-corrected chi connectivity index (χ3v) is 3.52. The molecular formula is C19H14N2O6. The van der Waals surface area contributed by atoms with Gasteiger partial charge in [0.2, 0.25) is 0 Å². The van der Waals surface area contributed by atoms with Crippen LogP contribution in [0.4, 0.5) is 11.4 Å². The van der Waals surface area contributed by atoms with Gasteiger partial charge in [-0.05, 0) is 17.2 Å². The molecule has 0 spiro atoms. The summed E-state index contributed by atoms with van der Waals surface area (Å²) in [6, 6.07) is 21.5. The summed E-state index contributed by atoms with van der Waals surface area (Å²) >= 11 is 0. The number of hydrogen-bond acceptors (Lipinski definition) is 5. The Hall–Kier alpha value is -4.07. The summed E-state index contributed by atoms with van der Waals surface area (Å²) in [5.74, 6) is -0.894. The Labute approximate surface area is 153 Å².